The Bertz CT molecular complexity index is 928. The van der Waals surface area contributed by atoms with E-state index in [0.29, 0.717) is 17.2 Å². The van der Waals surface area contributed by atoms with Crippen molar-refractivity contribution in [2.75, 3.05) is 12.4 Å². The summed E-state index contributed by atoms with van der Waals surface area (Å²) in [4.78, 5) is 13.0. The van der Waals surface area contributed by atoms with E-state index in [0.717, 1.165) is 27.6 Å². The van der Waals surface area contributed by atoms with Crippen LogP contribution in [0.1, 0.15) is 41.3 Å². The van der Waals surface area contributed by atoms with Gasteiger partial charge in [-0.25, -0.2) is 0 Å². The summed E-state index contributed by atoms with van der Waals surface area (Å²) in [6.45, 7) is 6.27. The van der Waals surface area contributed by atoms with Crippen LogP contribution >= 0.6 is 0 Å². The third-order valence-corrected chi connectivity index (χ3v) is 4.48. The molecule has 0 saturated heterocycles. The van der Waals surface area contributed by atoms with Crippen LogP contribution in [0.4, 0.5) is 5.69 Å². The number of carbonyl (C=O) groups is 1. The van der Waals surface area contributed by atoms with Crippen LogP contribution in [0, 0.1) is 6.92 Å². The first kappa shape index (κ1) is 17.0. The number of nitrogens with one attached hydrogen (secondary N) is 1. The monoisotopic (exact) mass is 333 g/mol. The lowest BCUT2D eigenvalue weighted by molar-refractivity contribution is 0.102. The van der Waals surface area contributed by atoms with Crippen LogP contribution in [0.2, 0.25) is 0 Å². The van der Waals surface area contributed by atoms with Crippen LogP contribution in [0.15, 0.2) is 54.6 Å². The van der Waals surface area contributed by atoms with E-state index in [-0.39, 0.29) is 5.91 Å². The van der Waals surface area contributed by atoms with Crippen molar-refractivity contribution in [3.05, 3.63) is 71.3 Å². The summed E-state index contributed by atoms with van der Waals surface area (Å²) in [5.41, 5.74) is 3.62. The van der Waals surface area contributed by atoms with E-state index in [4.69, 9.17) is 4.74 Å². The number of anilines is 1. The third kappa shape index (κ3) is 3.36. The van der Waals surface area contributed by atoms with Crippen molar-refractivity contribution in [3.63, 3.8) is 0 Å². The zero-order valence-electron chi connectivity index (χ0n) is 15.1. The number of amides is 1. The van der Waals surface area contributed by atoms with Gasteiger partial charge < -0.3 is 10.1 Å². The number of carbonyl (C=O) groups excluding carboxylic acids is 1. The number of fused-ring (bicyclic) bond motifs is 1. The molecule has 0 atom stereocenters. The second kappa shape index (κ2) is 6.98. The molecule has 0 fully saturated rings. The average molecular weight is 333 g/mol. The summed E-state index contributed by atoms with van der Waals surface area (Å²) in [5, 5.41) is 5.16. The molecule has 3 aromatic rings. The molecule has 0 aliphatic heterocycles. The smallest absolute Gasteiger partial charge is 0.259 e. The molecular formula is C22H23NO2. The van der Waals surface area contributed by atoms with Gasteiger partial charge in [-0.2, -0.15) is 0 Å². The highest BCUT2D eigenvalue weighted by molar-refractivity contribution is 6.09. The number of ether oxygens (including phenoxy) is 1. The lowest BCUT2D eigenvalue weighted by Crippen LogP contribution is -2.16. The van der Waals surface area contributed by atoms with Crippen LogP contribution in [0.25, 0.3) is 10.8 Å². The quantitative estimate of drug-likeness (QED) is 0.681. The van der Waals surface area contributed by atoms with Gasteiger partial charge in [-0.3, -0.25) is 4.79 Å². The van der Waals surface area contributed by atoms with Crippen molar-refractivity contribution >= 4 is 22.4 Å². The molecule has 25 heavy (non-hydrogen) atoms. The van der Waals surface area contributed by atoms with Crippen molar-refractivity contribution in [1.82, 2.24) is 0 Å². The number of para-hydroxylation sites is 1. The summed E-state index contributed by atoms with van der Waals surface area (Å²) < 4.78 is 5.46. The van der Waals surface area contributed by atoms with E-state index in [1.54, 1.807) is 7.11 Å². The fraction of sp³-hybridized carbons (Fsp3) is 0.227. The maximum atomic E-state index is 13.0. The first-order valence-corrected chi connectivity index (χ1v) is 8.49. The van der Waals surface area contributed by atoms with Crippen LogP contribution in [0.5, 0.6) is 5.75 Å². The molecule has 0 heterocycles. The zero-order chi connectivity index (χ0) is 18.0. The van der Waals surface area contributed by atoms with Crippen molar-refractivity contribution < 1.29 is 9.53 Å². The Labute approximate surface area is 148 Å². The van der Waals surface area contributed by atoms with Crippen molar-refractivity contribution in [1.29, 1.82) is 0 Å². The Morgan fingerprint density at radius 2 is 1.68 bits per heavy atom. The van der Waals surface area contributed by atoms with Gasteiger partial charge in [0.2, 0.25) is 0 Å². The van der Waals surface area contributed by atoms with E-state index in [9.17, 15) is 4.79 Å². The van der Waals surface area contributed by atoms with Gasteiger partial charge in [-0.1, -0.05) is 56.3 Å². The van der Waals surface area contributed by atoms with E-state index in [1.165, 1.54) is 0 Å². The molecule has 3 rings (SSSR count). The van der Waals surface area contributed by atoms with Crippen molar-refractivity contribution in [2.45, 2.75) is 26.7 Å². The largest absolute Gasteiger partial charge is 0.496 e. The molecule has 128 valence electrons. The van der Waals surface area contributed by atoms with Gasteiger partial charge in [-0.15, -0.1) is 0 Å². The third-order valence-electron chi connectivity index (χ3n) is 4.48. The van der Waals surface area contributed by atoms with Gasteiger partial charge in [0.25, 0.3) is 5.91 Å². The molecule has 3 aromatic carbocycles. The highest BCUT2D eigenvalue weighted by Crippen LogP contribution is 2.30. The SMILES string of the molecule is COc1cc2ccccc2cc1C(=O)Nc1c(C)cccc1C(C)C. The number of rotatable bonds is 4. The number of methoxy groups -OCH3 is 1. The minimum Gasteiger partial charge on any atom is -0.496 e. The number of aryl methyl sites for hydroxylation is 1. The average Bonchev–Trinajstić information content (AvgIpc) is 2.61. The molecule has 0 spiro atoms. The van der Waals surface area contributed by atoms with Crippen LogP contribution in [-0.4, -0.2) is 13.0 Å². The molecule has 0 aliphatic rings. The normalized spacial score (nSPS) is 10.9. The number of benzene rings is 3. The molecule has 0 unspecified atom stereocenters. The number of hydrogen-bond acceptors (Lipinski definition) is 2. The number of hydrogen-bond donors (Lipinski definition) is 1. The minimum atomic E-state index is -0.154. The lowest BCUT2D eigenvalue weighted by atomic mass is 9.97. The molecule has 1 N–H and O–H groups in total. The fourth-order valence-corrected chi connectivity index (χ4v) is 3.09. The zero-order valence-corrected chi connectivity index (χ0v) is 15.1. The van der Waals surface area contributed by atoms with Crippen LogP contribution < -0.4 is 10.1 Å². The molecule has 0 radical (unpaired) electrons. The fourth-order valence-electron chi connectivity index (χ4n) is 3.09. The predicted octanol–water partition coefficient (Wildman–Crippen LogP) is 5.53. The van der Waals surface area contributed by atoms with Gasteiger partial charge in [0.05, 0.1) is 12.7 Å². The summed E-state index contributed by atoms with van der Waals surface area (Å²) in [6, 6.07) is 17.8. The molecule has 0 bridgehead atoms. The predicted molar refractivity (Wildman–Crippen MR) is 104 cm³/mol. The molecule has 3 heteroatoms. The molecule has 1 amide bonds. The van der Waals surface area contributed by atoms with E-state index in [2.05, 4.69) is 25.2 Å². The van der Waals surface area contributed by atoms with Crippen LogP contribution in [0.3, 0.4) is 0 Å². The maximum Gasteiger partial charge on any atom is 0.259 e. The van der Waals surface area contributed by atoms with E-state index < -0.39 is 0 Å². The molecule has 0 aliphatic carbocycles. The van der Waals surface area contributed by atoms with Gasteiger partial charge in [0.1, 0.15) is 5.75 Å². The maximum absolute atomic E-state index is 13.0. The van der Waals surface area contributed by atoms with Gasteiger partial charge in [-0.05, 0) is 46.9 Å². The van der Waals surface area contributed by atoms with Gasteiger partial charge >= 0.3 is 0 Å². The Balaban J connectivity index is 2.04. The van der Waals surface area contributed by atoms with E-state index >= 15 is 0 Å². The molecule has 0 aromatic heterocycles. The van der Waals surface area contributed by atoms with Crippen LogP contribution in [-0.2, 0) is 0 Å². The summed E-state index contributed by atoms with van der Waals surface area (Å²) in [6.07, 6.45) is 0. The van der Waals surface area contributed by atoms with Gasteiger partial charge in [0.15, 0.2) is 0 Å². The van der Waals surface area contributed by atoms with Crippen molar-refractivity contribution in [3.8, 4) is 5.75 Å². The second-order valence-corrected chi connectivity index (χ2v) is 6.55. The molecule has 0 saturated carbocycles. The Morgan fingerprint density at radius 3 is 2.32 bits per heavy atom. The Morgan fingerprint density at radius 1 is 1.00 bits per heavy atom. The second-order valence-electron chi connectivity index (χ2n) is 6.55. The van der Waals surface area contributed by atoms with Gasteiger partial charge in [0, 0.05) is 5.69 Å². The summed E-state index contributed by atoms with van der Waals surface area (Å²) in [7, 11) is 1.59. The highest BCUT2D eigenvalue weighted by Gasteiger charge is 2.17. The highest BCUT2D eigenvalue weighted by atomic mass is 16.5. The standard InChI is InChI=1S/C22H23NO2/c1-14(2)18-11-7-8-15(3)21(18)23-22(24)19-12-16-9-5-6-10-17(16)13-20(19)25-4/h5-14H,1-4H3,(H,23,24). The lowest BCUT2D eigenvalue weighted by Gasteiger charge is -2.17. The van der Waals surface area contributed by atoms with Crippen molar-refractivity contribution in [2.24, 2.45) is 0 Å². The first-order chi connectivity index (χ1) is 12.0. The summed E-state index contributed by atoms with van der Waals surface area (Å²) >= 11 is 0. The topological polar surface area (TPSA) is 38.3 Å². The minimum absolute atomic E-state index is 0.154. The first-order valence-electron chi connectivity index (χ1n) is 8.49. The Hall–Kier alpha value is -2.81. The Kier molecular flexibility index (Phi) is 4.75. The van der Waals surface area contributed by atoms with E-state index in [1.807, 2.05) is 55.5 Å². The summed E-state index contributed by atoms with van der Waals surface area (Å²) in [5.74, 6) is 0.753. The molecule has 3 nitrogen and oxygen atoms in total. The molecular weight excluding hydrogens is 310 g/mol.